The normalized spacial score (nSPS) is 10.8. The van der Waals surface area contributed by atoms with Gasteiger partial charge in [0.1, 0.15) is 17.9 Å². The Morgan fingerprint density at radius 2 is 2.05 bits per heavy atom. The highest BCUT2D eigenvalue weighted by Crippen LogP contribution is 2.17. The standard InChI is InChI=1S/C15H16N4O/c1-11-9-13-14(17-10-11)19(15(16)18-13)7-8-20-12-5-3-2-4-6-12/h2-6,9-10H,7-8H2,1H3,(H2,16,18). The highest BCUT2D eigenvalue weighted by Gasteiger charge is 2.09. The molecule has 0 radical (unpaired) electrons. The van der Waals surface area contributed by atoms with E-state index in [2.05, 4.69) is 9.97 Å². The van der Waals surface area contributed by atoms with Crippen LogP contribution < -0.4 is 10.5 Å². The lowest BCUT2D eigenvalue weighted by atomic mass is 10.3. The Hall–Kier alpha value is -2.56. The lowest BCUT2D eigenvalue weighted by molar-refractivity contribution is 0.301. The molecule has 2 N–H and O–H groups in total. The summed E-state index contributed by atoms with van der Waals surface area (Å²) in [5.74, 6) is 1.31. The quantitative estimate of drug-likeness (QED) is 0.789. The summed E-state index contributed by atoms with van der Waals surface area (Å²) >= 11 is 0. The number of nitrogen functional groups attached to an aromatic ring is 1. The molecular weight excluding hydrogens is 252 g/mol. The number of anilines is 1. The second kappa shape index (κ2) is 5.21. The summed E-state index contributed by atoms with van der Waals surface area (Å²) in [5, 5.41) is 0. The van der Waals surface area contributed by atoms with Crippen molar-refractivity contribution in [1.29, 1.82) is 0 Å². The molecule has 0 aliphatic carbocycles. The second-order valence-corrected chi connectivity index (χ2v) is 4.64. The van der Waals surface area contributed by atoms with E-state index in [0.717, 1.165) is 22.5 Å². The molecule has 1 aromatic carbocycles. The van der Waals surface area contributed by atoms with Gasteiger partial charge in [-0.05, 0) is 30.7 Å². The molecule has 0 amide bonds. The van der Waals surface area contributed by atoms with Crippen molar-refractivity contribution in [2.75, 3.05) is 12.3 Å². The minimum Gasteiger partial charge on any atom is -0.492 e. The van der Waals surface area contributed by atoms with Crippen molar-refractivity contribution < 1.29 is 4.74 Å². The Bertz CT molecular complexity index is 721. The molecule has 3 aromatic rings. The summed E-state index contributed by atoms with van der Waals surface area (Å²) in [5.41, 5.74) is 8.63. The number of pyridine rings is 1. The molecule has 3 rings (SSSR count). The molecule has 0 spiro atoms. The smallest absolute Gasteiger partial charge is 0.202 e. The van der Waals surface area contributed by atoms with Gasteiger partial charge >= 0.3 is 0 Å². The van der Waals surface area contributed by atoms with E-state index in [9.17, 15) is 0 Å². The third-order valence-corrected chi connectivity index (χ3v) is 3.08. The van der Waals surface area contributed by atoms with Crippen LogP contribution in [0.5, 0.6) is 5.75 Å². The molecule has 2 heterocycles. The Morgan fingerprint density at radius 1 is 1.25 bits per heavy atom. The number of benzene rings is 1. The van der Waals surface area contributed by atoms with Crippen molar-refractivity contribution in [2.45, 2.75) is 13.5 Å². The fourth-order valence-electron chi connectivity index (χ4n) is 2.12. The summed E-state index contributed by atoms with van der Waals surface area (Å²) in [4.78, 5) is 8.71. The lowest BCUT2D eigenvalue weighted by Gasteiger charge is -2.08. The van der Waals surface area contributed by atoms with Crippen molar-refractivity contribution in [1.82, 2.24) is 14.5 Å². The summed E-state index contributed by atoms with van der Waals surface area (Å²) in [6.45, 7) is 3.13. The first-order valence-electron chi connectivity index (χ1n) is 6.50. The molecule has 0 saturated heterocycles. The monoisotopic (exact) mass is 268 g/mol. The average molecular weight is 268 g/mol. The maximum atomic E-state index is 5.94. The topological polar surface area (TPSA) is 66.0 Å². The van der Waals surface area contributed by atoms with E-state index in [1.54, 1.807) is 0 Å². The van der Waals surface area contributed by atoms with Crippen molar-refractivity contribution in [3.63, 3.8) is 0 Å². The van der Waals surface area contributed by atoms with Crippen LogP contribution in [0.2, 0.25) is 0 Å². The highest BCUT2D eigenvalue weighted by molar-refractivity contribution is 5.74. The Kier molecular flexibility index (Phi) is 3.25. The molecule has 5 nitrogen and oxygen atoms in total. The number of aryl methyl sites for hydroxylation is 1. The van der Waals surface area contributed by atoms with E-state index in [1.807, 2.05) is 54.1 Å². The van der Waals surface area contributed by atoms with E-state index in [-0.39, 0.29) is 0 Å². The molecule has 2 aromatic heterocycles. The summed E-state index contributed by atoms with van der Waals surface area (Å²) in [7, 11) is 0. The summed E-state index contributed by atoms with van der Waals surface area (Å²) in [6.07, 6.45) is 1.82. The van der Waals surface area contributed by atoms with Crippen molar-refractivity contribution >= 4 is 17.1 Å². The summed E-state index contributed by atoms with van der Waals surface area (Å²) in [6, 6.07) is 11.7. The van der Waals surface area contributed by atoms with E-state index < -0.39 is 0 Å². The van der Waals surface area contributed by atoms with E-state index in [0.29, 0.717) is 19.1 Å². The second-order valence-electron chi connectivity index (χ2n) is 4.64. The first-order chi connectivity index (χ1) is 9.74. The van der Waals surface area contributed by atoms with Crippen LogP contribution in [0.3, 0.4) is 0 Å². The average Bonchev–Trinajstić information content (AvgIpc) is 2.75. The third-order valence-electron chi connectivity index (χ3n) is 3.08. The molecule has 0 aliphatic rings. The number of imidazole rings is 1. The van der Waals surface area contributed by atoms with Crippen LogP contribution in [0, 0.1) is 6.92 Å². The SMILES string of the molecule is Cc1cnc2c(c1)nc(N)n2CCOc1ccccc1. The van der Waals surface area contributed by atoms with Gasteiger partial charge in [-0.1, -0.05) is 18.2 Å². The molecule has 102 valence electrons. The van der Waals surface area contributed by atoms with Gasteiger partial charge in [-0.2, -0.15) is 0 Å². The van der Waals surface area contributed by atoms with E-state index in [4.69, 9.17) is 10.5 Å². The molecule has 0 unspecified atom stereocenters. The number of aromatic nitrogens is 3. The van der Waals surface area contributed by atoms with Gasteiger partial charge in [0.25, 0.3) is 0 Å². The van der Waals surface area contributed by atoms with Gasteiger partial charge in [-0.15, -0.1) is 0 Å². The van der Waals surface area contributed by atoms with E-state index in [1.165, 1.54) is 0 Å². The van der Waals surface area contributed by atoms with Gasteiger partial charge in [-0.3, -0.25) is 4.57 Å². The number of ether oxygens (including phenoxy) is 1. The number of hydrogen-bond acceptors (Lipinski definition) is 4. The minimum atomic E-state index is 0.467. The zero-order valence-corrected chi connectivity index (χ0v) is 11.3. The fourth-order valence-corrected chi connectivity index (χ4v) is 2.12. The maximum absolute atomic E-state index is 5.94. The number of rotatable bonds is 4. The van der Waals surface area contributed by atoms with E-state index >= 15 is 0 Å². The Morgan fingerprint density at radius 3 is 2.85 bits per heavy atom. The summed E-state index contributed by atoms with van der Waals surface area (Å²) < 4.78 is 7.55. The van der Waals surface area contributed by atoms with Gasteiger partial charge in [0.2, 0.25) is 5.95 Å². The first-order valence-corrected chi connectivity index (χ1v) is 6.50. The van der Waals surface area contributed by atoms with Gasteiger partial charge in [0.05, 0.1) is 6.54 Å². The number of para-hydroxylation sites is 1. The number of nitrogens with zero attached hydrogens (tertiary/aromatic N) is 3. The lowest BCUT2D eigenvalue weighted by Crippen LogP contribution is -2.11. The van der Waals surface area contributed by atoms with Crippen LogP contribution in [-0.4, -0.2) is 21.1 Å². The Labute approximate surface area is 117 Å². The van der Waals surface area contributed by atoms with Gasteiger partial charge in [0, 0.05) is 6.20 Å². The number of fused-ring (bicyclic) bond motifs is 1. The largest absolute Gasteiger partial charge is 0.492 e. The Balaban J connectivity index is 1.76. The van der Waals surface area contributed by atoms with Crippen LogP contribution in [0.1, 0.15) is 5.56 Å². The number of nitrogens with two attached hydrogens (primary N) is 1. The van der Waals surface area contributed by atoms with Crippen molar-refractivity contribution in [3.8, 4) is 5.75 Å². The molecule has 5 heteroatoms. The van der Waals surface area contributed by atoms with Gasteiger partial charge in [0.15, 0.2) is 5.65 Å². The van der Waals surface area contributed by atoms with Gasteiger partial charge < -0.3 is 10.5 Å². The maximum Gasteiger partial charge on any atom is 0.202 e. The predicted octanol–water partition coefficient (Wildman–Crippen LogP) is 2.40. The molecule has 0 atom stereocenters. The number of hydrogen-bond donors (Lipinski definition) is 1. The molecular formula is C15H16N4O. The highest BCUT2D eigenvalue weighted by atomic mass is 16.5. The zero-order valence-electron chi connectivity index (χ0n) is 11.3. The van der Waals surface area contributed by atoms with Crippen LogP contribution >= 0.6 is 0 Å². The van der Waals surface area contributed by atoms with Crippen LogP contribution in [-0.2, 0) is 6.54 Å². The molecule has 20 heavy (non-hydrogen) atoms. The zero-order chi connectivity index (χ0) is 13.9. The first kappa shape index (κ1) is 12.5. The van der Waals surface area contributed by atoms with Crippen molar-refractivity contribution in [3.05, 3.63) is 48.2 Å². The molecule has 0 fully saturated rings. The van der Waals surface area contributed by atoms with Crippen molar-refractivity contribution in [2.24, 2.45) is 0 Å². The fraction of sp³-hybridized carbons (Fsp3) is 0.200. The predicted molar refractivity (Wildman–Crippen MR) is 78.6 cm³/mol. The molecule has 0 saturated carbocycles. The van der Waals surface area contributed by atoms with Gasteiger partial charge in [-0.25, -0.2) is 9.97 Å². The van der Waals surface area contributed by atoms with Crippen LogP contribution in [0.4, 0.5) is 5.95 Å². The van der Waals surface area contributed by atoms with Crippen LogP contribution in [0.15, 0.2) is 42.6 Å². The molecule has 0 bridgehead atoms. The third kappa shape index (κ3) is 2.42. The van der Waals surface area contributed by atoms with Crippen LogP contribution in [0.25, 0.3) is 11.2 Å². The minimum absolute atomic E-state index is 0.467. The molecule has 0 aliphatic heterocycles.